The minimum absolute atomic E-state index is 0.422. The fourth-order valence-corrected chi connectivity index (χ4v) is 1.47. The second kappa shape index (κ2) is 7.44. The minimum atomic E-state index is -0.495. The van der Waals surface area contributed by atoms with Gasteiger partial charge in [0.2, 0.25) is 0 Å². The number of carbonyl (C=O) groups is 1. The molecule has 1 aromatic carbocycles. The number of carbonyl (C=O) groups excluding carboxylic acids is 1. The van der Waals surface area contributed by atoms with Crippen LogP contribution in [0.5, 0.6) is 5.75 Å². The highest BCUT2D eigenvalue weighted by atomic mass is 16.6. The molecule has 0 aromatic heterocycles. The zero-order chi connectivity index (χ0) is 15.9. The molecule has 0 heterocycles. The number of nitrogens with one attached hydrogen (secondary N) is 1. The maximum absolute atomic E-state index is 11.4. The van der Waals surface area contributed by atoms with Crippen LogP contribution < -0.4 is 15.8 Å². The van der Waals surface area contributed by atoms with Gasteiger partial charge in [0.15, 0.2) is 0 Å². The summed E-state index contributed by atoms with van der Waals surface area (Å²) < 4.78 is 10.2. The second-order valence-corrected chi connectivity index (χ2v) is 5.43. The SMILES string of the molecule is COc1ccc(N)c(C#CCCNC(=O)OC(C)(C)C)c1. The van der Waals surface area contributed by atoms with Gasteiger partial charge in [0.05, 0.1) is 12.7 Å². The fraction of sp³-hybridized carbons (Fsp3) is 0.438. The number of hydrogen-bond donors (Lipinski definition) is 2. The topological polar surface area (TPSA) is 73.6 Å². The molecule has 0 spiro atoms. The van der Waals surface area contributed by atoms with Gasteiger partial charge in [-0.25, -0.2) is 4.79 Å². The van der Waals surface area contributed by atoms with Crippen LogP contribution in [0, 0.1) is 11.8 Å². The molecule has 0 bridgehead atoms. The summed E-state index contributed by atoms with van der Waals surface area (Å²) >= 11 is 0. The van der Waals surface area contributed by atoms with Gasteiger partial charge in [0.1, 0.15) is 11.4 Å². The number of nitrogens with two attached hydrogens (primary N) is 1. The van der Waals surface area contributed by atoms with Crippen molar-refractivity contribution in [1.82, 2.24) is 5.32 Å². The van der Waals surface area contributed by atoms with Crippen LogP contribution in [0.15, 0.2) is 18.2 Å². The monoisotopic (exact) mass is 290 g/mol. The summed E-state index contributed by atoms with van der Waals surface area (Å²) in [5.41, 5.74) is 6.65. The van der Waals surface area contributed by atoms with Crippen molar-refractivity contribution < 1.29 is 14.3 Å². The summed E-state index contributed by atoms with van der Waals surface area (Å²) in [4.78, 5) is 11.4. The Balaban J connectivity index is 2.45. The van der Waals surface area contributed by atoms with Gasteiger partial charge in [-0.2, -0.15) is 0 Å². The van der Waals surface area contributed by atoms with Gasteiger partial charge in [-0.1, -0.05) is 11.8 Å². The molecular weight excluding hydrogens is 268 g/mol. The molecule has 0 radical (unpaired) electrons. The smallest absolute Gasteiger partial charge is 0.407 e. The Hall–Kier alpha value is -2.35. The largest absolute Gasteiger partial charge is 0.497 e. The molecule has 21 heavy (non-hydrogen) atoms. The number of methoxy groups -OCH3 is 1. The third-order valence-corrected chi connectivity index (χ3v) is 2.40. The number of benzene rings is 1. The van der Waals surface area contributed by atoms with E-state index < -0.39 is 11.7 Å². The van der Waals surface area contributed by atoms with Gasteiger partial charge < -0.3 is 20.5 Å². The first-order valence-corrected chi connectivity index (χ1v) is 6.71. The predicted octanol–water partition coefficient (Wildman–Crippen LogP) is 2.54. The van der Waals surface area contributed by atoms with Crippen LogP contribution in [0.4, 0.5) is 10.5 Å². The molecule has 0 aliphatic rings. The maximum atomic E-state index is 11.4. The van der Waals surface area contributed by atoms with Crippen molar-refractivity contribution in [3.63, 3.8) is 0 Å². The molecule has 0 atom stereocenters. The summed E-state index contributed by atoms with van der Waals surface area (Å²) in [5.74, 6) is 6.63. The van der Waals surface area contributed by atoms with E-state index in [0.29, 0.717) is 30.0 Å². The van der Waals surface area contributed by atoms with Gasteiger partial charge >= 0.3 is 6.09 Å². The zero-order valence-corrected chi connectivity index (χ0v) is 12.9. The predicted molar refractivity (Wildman–Crippen MR) is 83.1 cm³/mol. The highest BCUT2D eigenvalue weighted by molar-refractivity contribution is 5.67. The molecule has 1 aromatic rings. The van der Waals surface area contributed by atoms with Crippen LogP contribution in [-0.4, -0.2) is 25.3 Å². The van der Waals surface area contributed by atoms with Crippen LogP contribution in [0.2, 0.25) is 0 Å². The Labute approximate surface area is 125 Å². The number of rotatable bonds is 3. The Morgan fingerprint density at radius 1 is 1.38 bits per heavy atom. The third-order valence-electron chi connectivity index (χ3n) is 2.40. The lowest BCUT2D eigenvalue weighted by atomic mass is 10.1. The van der Waals surface area contributed by atoms with E-state index in [9.17, 15) is 4.79 Å². The molecule has 114 valence electrons. The summed E-state index contributed by atoms with van der Waals surface area (Å²) in [6, 6.07) is 5.32. The molecular formula is C16H22N2O3. The third kappa shape index (κ3) is 6.57. The highest BCUT2D eigenvalue weighted by Crippen LogP contribution is 2.18. The van der Waals surface area contributed by atoms with Crippen molar-refractivity contribution in [3.8, 4) is 17.6 Å². The quantitative estimate of drug-likeness (QED) is 0.510. The van der Waals surface area contributed by atoms with E-state index in [-0.39, 0.29) is 0 Å². The number of anilines is 1. The van der Waals surface area contributed by atoms with Crippen molar-refractivity contribution in [2.24, 2.45) is 0 Å². The van der Waals surface area contributed by atoms with Crippen LogP contribution in [0.3, 0.4) is 0 Å². The molecule has 5 nitrogen and oxygen atoms in total. The summed E-state index contributed by atoms with van der Waals surface area (Å²) in [6.45, 7) is 5.87. The van der Waals surface area contributed by atoms with Crippen LogP contribution >= 0.6 is 0 Å². The zero-order valence-electron chi connectivity index (χ0n) is 12.9. The Kier molecular flexibility index (Phi) is 5.92. The maximum Gasteiger partial charge on any atom is 0.407 e. The average molecular weight is 290 g/mol. The second-order valence-electron chi connectivity index (χ2n) is 5.43. The molecule has 5 heteroatoms. The number of alkyl carbamates (subject to hydrolysis) is 1. The first-order valence-electron chi connectivity index (χ1n) is 6.71. The molecule has 0 saturated carbocycles. The lowest BCUT2D eigenvalue weighted by molar-refractivity contribution is 0.0529. The first kappa shape index (κ1) is 16.7. The van der Waals surface area contributed by atoms with E-state index in [1.165, 1.54) is 0 Å². The van der Waals surface area contributed by atoms with Gasteiger partial charge in [0, 0.05) is 18.7 Å². The standard InChI is InChI=1S/C16H22N2O3/c1-16(2,3)21-15(19)18-10-6-5-7-12-11-13(20-4)8-9-14(12)17/h8-9,11H,6,10,17H2,1-4H3,(H,18,19). The number of ether oxygens (including phenoxy) is 2. The van der Waals surface area contributed by atoms with Crippen molar-refractivity contribution >= 4 is 11.8 Å². The van der Waals surface area contributed by atoms with E-state index in [2.05, 4.69) is 17.2 Å². The van der Waals surface area contributed by atoms with Crippen molar-refractivity contribution in [3.05, 3.63) is 23.8 Å². The first-order chi connectivity index (χ1) is 9.81. The number of hydrogen-bond acceptors (Lipinski definition) is 4. The van der Waals surface area contributed by atoms with Crippen LogP contribution in [0.1, 0.15) is 32.8 Å². The van der Waals surface area contributed by atoms with Crippen LogP contribution in [-0.2, 0) is 4.74 Å². The lowest BCUT2D eigenvalue weighted by Gasteiger charge is -2.19. The van der Waals surface area contributed by atoms with Crippen molar-refractivity contribution in [2.75, 3.05) is 19.4 Å². The summed E-state index contributed by atoms with van der Waals surface area (Å²) in [5, 5.41) is 2.64. The van der Waals surface area contributed by atoms with Crippen LogP contribution in [0.25, 0.3) is 0 Å². The minimum Gasteiger partial charge on any atom is -0.497 e. The normalized spacial score (nSPS) is 10.3. The molecule has 0 fully saturated rings. The fourth-order valence-electron chi connectivity index (χ4n) is 1.47. The van der Waals surface area contributed by atoms with E-state index in [1.807, 2.05) is 20.8 Å². The molecule has 0 unspecified atom stereocenters. The molecule has 3 N–H and O–H groups in total. The molecule has 1 rings (SSSR count). The molecule has 0 aliphatic heterocycles. The van der Waals surface area contributed by atoms with E-state index in [0.717, 1.165) is 0 Å². The van der Waals surface area contributed by atoms with E-state index >= 15 is 0 Å². The Bertz CT molecular complexity index is 551. The summed E-state index contributed by atoms with van der Waals surface area (Å²) in [7, 11) is 1.59. The Morgan fingerprint density at radius 2 is 2.10 bits per heavy atom. The molecule has 0 saturated heterocycles. The summed E-state index contributed by atoms with van der Waals surface area (Å²) in [6.07, 6.45) is 0.0702. The van der Waals surface area contributed by atoms with Gasteiger partial charge in [-0.05, 0) is 39.0 Å². The van der Waals surface area contributed by atoms with E-state index in [4.69, 9.17) is 15.2 Å². The van der Waals surface area contributed by atoms with Gasteiger partial charge in [-0.3, -0.25) is 0 Å². The number of nitrogen functional groups attached to an aromatic ring is 1. The van der Waals surface area contributed by atoms with Gasteiger partial charge in [0.25, 0.3) is 0 Å². The number of amides is 1. The molecule has 1 amide bonds. The van der Waals surface area contributed by atoms with Crippen molar-refractivity contribution in [2.45, 2.75) is 32.8 Å². The highest BCUT2D eigenvalue weighted by Gasteiger charge is 2.15. The average Bonchev–Trinajstić information content (AvgIpc) is 2.38. The van der Waals surface area contributed by atoms with Crippen molar-refractivity contribution in [1.29, 1.82) is 0 Å². The lowest BCUT2D eigenvalue weighted by Crippen LogP contribution is -2.32. The molecule has 0 aliphatic carbocycles. The van der Waals surface area contributed by atoms with Gasteiger partial charge in [-0.15, -0.1) is 0 Å². The van der Waals surface area contributed by atoms with E-state index in [1.54, 1.807) is 25.3 Å². The Morgan fingerprint density at radius 3 is 2.71 bits per heavy atom.